The Bertz CT molecular complexity index is 972. The summed E-state index contributed by atoms with van der Waals surface area (Å²) in [6.45, 7) is 6.27. The molecule has 0 saturated heterocycles. The third kappa shape index (κ3) is 4.81. The Morgan fingerprint density at radius 1 is 1.13 bits per heavy atom. The standard InChI is InChI=1S/C22H28FO6P/c1-13-9-15(3)20(18(10-13)17-7-8-19(23)14(2)11-17)30(26,29-12-27-5)21(16(4)24)22(25)28-6/h7-11,16,21,24H,12H2,1-6H3. The first-order valence-corrected chi connectivity index (χ1v) is 11.1. The molecule has 0 spiro atoms. The van der Waals surface area contributed by atoms with E-state index in [1.54, 1.807) is 32.0 Å². The summed E-state index contributed by atoms with van der Waals surface area (Å²) in [7, 11) is -1.53. The second-order valence-electron chi connectivity index (χ2n) is 7.28. The van der Waals surface area contributed by atoms with Crippen LogP contribution >= 0.6 is 7.37 Å². The minimum atomic E-state index is -4.06. The minimum Gasteiger partial charge on any atom is -0.468 e. The summed E-state index contributed by atoms with van der Waals surface area (Å²) in [4.78, 5) is 12.5. The van der Waals surface area contributed by atoms with Crippen molar-refractivity contribution in [2.75, 3.05) is 21.0 Å². The van der Waals surface area contributed by atoms with Crippen LogP contribution in [0.25, 0.3) is 11.1 Å². The van der Waals surface area contributed by atoms with Crippen LogP contribution in [0.2, 0.25) is 0 Å². The van der Waals surface area contributed by atoms with Crippen molar-refractivity contribution in [3.05, 3.63) is 52.8 Å². The van der Waals surface area contributed by atoms with E-state index in [4.69, 9.17) is 14.0 Å². The van der Waals surface area contributed by atoms with Crippen molar-refractivity contribution in [3.63, 3.8) is 0 Å². The number of aryl methyl sites for hydroxylation is 3. The lowest BCUT2D eigenvalue weighted by molar-refractivity contribution is -0.142. The first-order chi connectivity index (χ1) is 14.1. The molecule has 2 aromatic carbocycles. The van der Waals surface area contributed by atoms with Crippen molar-refractivity contribution >= 4 is 18.6 Å². The van der Waals surface area contributed by atoms with E-state index in [1.807, 2.05) is 13.0 Å². The SMILES string of the molecule is COCOP(=O)(c1c(C)cc(C)cc1-c1ccc(F)c(C)c1)C(C(=O)OC)C(C)O. The average Bonchev–Trinajstić information content (AvgIpc) is 2.67. The molecule has 0 saturated carbocycles. The van der Waals surface area contributed by atoms with Crippen LogP contribution in [0.1, 0.15) is 23.6 Å². The van der Waals surface area contributed by atoms with Gasteiger partial charge in [0.2, 0.25) is 0 Å². The van der Waals surface area contributed by atoms with Crippen LogP contribution in [0, 0.1) is 26.6 Å². The lowest BCUT2D eigenvalue weighted by Crippen LogP contribution is -2.38. The molecule has 0 heterocycles. The molecule has 3 unspecified atom stereocenters. The Kier molecular flexibility index (Phi) is 7.94. The molecule has 164 valence electrons. The van der Waals surface area contributed by atoms with Gasteiger partial charge in [-0.15, -0.1) is 0 Å². The van der Waals surface area contributed by atoms with Crippen LogP contribution in [-0.2, 0) is 23.4 Å². The third-order valence-electron chi connectivity index (χ3n) is 4.85. The number of hydrogen-bond acceptors (Lipinski definition) is 6. The van der Waals surface area contributed by atoms with E-state index in [0.29, 0.717) is 22.3 Å². The van der Waals surface area contributed by atoms with E-state index < -0.39 is 25.1 Å². The Labute approximate surface area is 176 Å². The monoisotopic (exact) mass is 438 g/mol. The molecule has 0 aliphatic rings. The predicted molar refractivity (Wildman–Crippen MR) is 114 cm³/mol. The van der Waals surface area contributed by atoms with E-state index in [0.717, 1.165) is 12.7 Å². The van der Waals surface area contributed by atoms with Gasteiger partial charge < -0.3 is 14.6 Å². The molecular formula is C22H28FO6P. The molecule has 1 N–H and O–H groups in total. The molecule has 2 aromatic rings. The van der Waals surface area contributed by atoms with Crippen molar-refractivity contribution in [2.24, 2.45) is 0 Å². The summed E-state index contributed by atoms with van der Waals surface area (Å²) in [5.41, 5.74) is 1.61. The third-order valence-corrected chi connectivity index (χ3v) is 7.93. The zero-order chi connectivity index (χ0) is 22.6. The largest absolute Gasteiger partial charge is 0.468 e. The summed E-state index contributed by atoms with van der Waals surface area (Å²) >= 11 is 0. The number of halogens is 1. The Morgan fingerprint density at radius 3 is 2.33 bits per heavy atom. The van der Waals surface area contributed by atoms with Crippen LogP contribution in [0.3, 0.4) is 0 Å². The van der Waals surface area contributed by atoms with Crippen molar-refractivity contribution < 1.29 is 32.9 Å². The number of rotatable bonds is 8. The maximum atomic E-state index is 14.4. The van der Waals surface area contributed by atoms with E-state index in [9.17, 15) is 18.9 Å². The normalized spacial score (nSPS) is 15.3. The number of benzene rings is 2. The first kappa shape index (κ1) is 24.2. The Morgan fingerprint density at radius 2 is 1.80 bits per heavy atom. The molecule has 0 aliphatic heterocycles. The second-order valence-corrected chi connectivity index (χ2v) is 9.74. The molecule has 2 rings (SSSR count). The van der Waals surface area contributed by atoms with Gasteiger partial charge in [0.15, 0.2) is 12.5 Å². The number of methoxy groups -OCH3 is 2. The zero-order valence-corrected chi connectivity index (χ0v) is 19.0. The zero-order valence-electron chi connectivity index (χ0n) is 18.1. The Hall–Kier alpha value is -2.05. The predicted octanol–water partition coefficient (Wildman–Crippen LogP) is 3.86. The maximum absolute atomic E-state index is 14.4. The molecular weight excluding hydrogens is 410 g/mol. The van der Waals surface area contributed by atoms with E-state index in [1.165, 1.54) is 20.1 Å². The summed E-state index contributed by atoms with van der Waals surface area (Å²) in [5.74, 6) is -1.22. The minimum absolute atomic E-state index is 0.271. The molecule has 0 aliphatic carbocycles. The summed E-state index contributed by atoms with van der Waals surface area (Å²) in [6.07, 6.45) is -1.32. The fourth-order valence-corrected chi connectivity index (χ4v) is 6.43. The molecule has 0 bridgehead atoms. The van der Waals surface area contributed by atoms with Gasteiger partial charge in [-0.3, -0.25) is 13.9 Å². The maximum Gasteiger partial charge on any atom is 0.321 e. The molecule has 0 aromatic heterocycles. The number of carbonyl (C=O) groups is 1. The summed E-state index contributed by atoms with van der Waals surface area (Å²) < 4.78 is 43.7. The molecule has 8 heteroatoms. The van der Waals surface area contributed by atoms with Gasteiger partial charge in [0, 0.05) is 12.4 Å². The fourth-order valence-electron chi connectivity index (χ4n) is 3.56. The lowest BCUT2D eigenvalue weighted by atomic mass is 9.99. The highest BCUT2D eigenvalue weighted by molar-refractivity contribution is 7.69. The lowest BCUT2D eigenvalue weighted by Gasteiger charge is -2.30. The van der Waals surface area contributed by atoms with E-state index in [-0.39, 0.29) is 17.9 Å². The summed E-state index contributed by atoms with van der Waals surface area (Å²) in [5, 5.41) is 10.6. The topological polar surface area (TPSA) is 82.1 Å². The van der Waals surface area contributed by atoms with Crippen molar-refractivity contribution in [1.82, 2.24) is 0 Å². The fraction of sp³-hybridized carbons (Fsp3) is 0.409. The number of esters is 1. The highest BCUT2D eigenvalue weighted by Gasteiger charge is 2.47. The number of aliphatic hydroxyl groups is 1. The van der Waals surface area contributed by atoms with Crippen LogP contribution < -0.4 is 5.30 Å². The van der Waals surface area contributed by atoms with Crippen LogP contribution in [0.15, 0.2) is 30.3 Å². The molecule has 30 heavy (non-hydrogen) atoms. The smallest absolute Gasteiger partial charge is 0.321 e. The molecule has 6 nitrogen and oxygen atoms in total. The van der Waals surface area contributed by atoms with Gasteiger partial charge in [-0.2, -0.15) is 0 Å². The molecule has 3 atom stereocenters. The van der Waals surface area contributed by atoms with Gasteiger partial charge >= 0.3 is 5.97 Å². The van der Waals surface area contributed by atoms with Gasteiger partial charge in [-0.25, -0.2) is 4.39 Å². The molecule has 0 fully saturated rings. The number of aliphatic hydroxyl groups excluding tert-OH is 1. The highest BCUT2D eigenvalue weighted by atomic mass is 31.2. The van der Waals surface area contributed by atoms with Gasteiger partial charge in [-0.1, -0.05) is 23.8 Å². The average molecular weight is 438 g/mol. The van der Waals surface area contributed by atoms with Gasteiger partial charge in [0.25, 0.3) is 7.37 Å². The number of carbonyl (C=O) groups excluding carboxylic acids is 1. The molecule has 0 amide bonds. The van der Waals surface area contributed by atoms with Crippen LogP contribution in [0.5, 0.6) is 0 Å². The second kappa shape index (κ2) is 9.84. The van der Waals surface area contributed by atoms with Crippen molar-refractivity contribution in [2.45, 2.75) is 39.5 Å². The quantitative estimate of drug-likeness (QED) is 0.383. The van der Waals surface area contributed by atoms with E-state index >= 15 is 0 Å². The van der Waals surface area contributed by atoms with Gasteiger partial charge in [0.05, 0.1) is 13.2 Å². The molecule has 0 radical (unpaired) electrons. The van der Waals surface area contributed by atoms with Crippen molar-refractivity contribution in [1.29, 1.82) is 0 Å². The van der Waals surface area contributed by atoms with Gasteiger partial charge in [0.1, 0.15) is 5.82 Å². The van der Waals surface area contributed by atoms with E-state index in [2.05, 4.69) is 0 Å². The van der Waals surface area contributed by atoms with Crippen LogP contribution in [-0.4, -0.2) is 43.9 Å². The van der Waals surface area contributed by atoms with Crippen LogP contribution in [0.4, 0.5) is 4.39 Å². The van der Waals surface area contributed by atoms with Gasteiger partial charge in [-0.05, 0) is 62.1 Å². The first-order valence-electron chi connectivity index (χ1n) is 9.44. The van der Waals surface area contributed by atoms with Crippen molar-refractivity contribution in [3.8, 4) is 11.1 Å². The number of ether oxygens (including phenoxy) is 2. The Balaban J connectivity index is 2.88. The summed E-state index contributed by atoms with van der Waals surface area (Å²) in [6, 6.07) is 8.17. The number of hydrogen-bond donors (Lipinski definition) is 1. The highest BCUT2D eigenvalue weighted by Crippen LogP contribution is 2.55.